The van der Waals surface area contributed by atoms with Crippen LogP contribution in [-0.4, -0.2) is 29.0 Å². The van der Waals surface area contributed by atoms with Gasteiger partial charge in [0.15, 0.2) is 0 Å². The first kappa shape index (κ1) is 10.2. The zero-order chi connectivity index (χ0) is 10.7. The van der Waals surface area contributed by atoms with Crippen LogP contribution in [0.25, 0.3) is 0 Å². The number of aromatic nitrogens is 2. The van der Waals surface area contributed by atoms with Crippen LogP contribution in [-0.2, 0) is 4.74 Å². The fraction of sp³-hybridized carbons (Fsp3) is 0.600. The number of hydrogen-bond donors (Lipinski definition) is 2. The number of nitrogens with one attached hydrogen (secondary N) is 1. The molecule has 1 aliphatic rings. The molecule has 1 aromatic rings. The van der Waals surface area contributed by atoms with Crippen molar-refractivity contribution in [2.45, 2.75) is 25.4 Å². The van der Waals surface area contributed by atoms with Gasteiger partial charge in [-0.3, -0.25) is 0 Å². The van der Waals surface area contributed by atoms with Crippen molar-refractivity contribution < 1.29 is 4.74 Å². The zero-order valence-corrected chi connectivity index (χ0v) is 8.86. The molecule has 2 heterocycles. The van der Waals surface area contributed by atoms with Crippen LogP contribution >= 0.6 is 0 Å². The summed E-state index contributed by atoms with van der Waals surface area (Å²) in [6.07, 6.45) is 2.22. The summed E-state index contributed by atoms with van der Waals surface area (Å²) in [5, 5.41) is 10.9. The van der Waals surface area contributed by atoms with Gasteiger partial charge >= 0.3 is 0 Å². The Kier molecular flexibility index (Phi) is 2.73. The Morgan fingerprint density at radius 1 is 1.53 bits per heavy atom. The molecule has 2 rings (SSSR count). The summed E-state index contributed by atoms with van der Waals surface area (Å²) in [6.45, 7) is 3.72. The van der Waals surface area contributed by atoms with Gasteiger partial charge in [0.25, 0.3) is 0 Å². The lowest BCUT2D eigenvalue weighted by Crippen LogP contribution is -2.32. The molecule has 0 bridgehead atoms. The zero-order valence-electron chi connectivity index (χ0n) is 8.86. The maximum Gasteiger partial charge on any atom is 0.148 e. The van der Waals surface area contributed by atoms with E-state index in [2.05, 4.69) is 22.4 Å². The highest BCUT2D eigenvalue weighted by molar-refractivity contribution is 5.38. The molecule has 82 valence electrons. The monoisotopic (exact) mass is 208 g/mol. The van der Waals surface area contributed by atoms with Crippen LogP contribution in [0.2, 0.25) is 0 Å². The van der Waals surface area contributed by atoms with Crippen LogP contribution in [0.1, 0.15) is 19.8 Å². The van der Waals surface area contributed by atoms with Crippen LogP contribution in [0.15, 0.2) is 12.1 Å². The first-order valence-corrected chi connectivity index (χ1v) is 5.15. The van der Waals surface area contributed by atoms with E-state index in [0.717, 1.165) is 31.8 Å². The molecular formula is C10H16N4O. The molecule has 15 heavy (non-hydrogen) atoms. The third-order valence-electron chi connectivity index (χ3n) is 2.63. The molecule has 0 spiro atoms. The average Bonchev–Trinajstić information content (AvgIpc) is 2.65. The first-order chi connectivity index (χ1) is 7.18. The second-order valence-corrected chi connectivity index (χ2v) is 4.10. The molecule has 0 radical (unpaired) electrons. The summed E-state index contributed by atoms with van der Waals surface area (Å²) < 4.78 is 5.65. The number of nitrogen functional groups attached to an aromatic ring is 1. The Labute approximate surface area is 89.0 Å². The number of nitrogens with zero attached hydrogens (tertiary/aromatic N) is 2. The van der Waals surface area contributed by atoms with E-state index in [1.807, 2.05) is 6.07 Å². The van der Waals surface area contributed by atoms with Gasteiger partial charge in [0.2, 0.25) is 0 Å². The normalized spacial score (nSPS) is 25.4. The maximum absolute atomic E-state index is 5.65. The Morgan fingerprint density at radius 2 is 2.40 bits per heavy atom. The molecule has 1 fully saturated rings. The predicted octanol–water partition coefficient (Wildman–Crippen LogP) is 1.04. The topological polar surface area (TPSA) is 73.1 Å². The molecule has 1 aliphatic heterocycles. The predicted molar refractivity (Wildman–Crippen MR) is 58.5 cm³/mol. The SMILES string of the molecule is CC1(CNc2ccc(N)nn2)CCCO1. The van der Waals surface area contributed by atoms with Crippen LogP contribution < -0.4 is 11.1 Å². The average molecular weight is 208 g/mol. The third kappa shape index (κ3) is 2.56. The number of nitrogens with two attached hydrogens (primary N) is 1. The highest BCUT2D eigenvalue weighted by atomic mass is 16.5. The Hall–Kier alpha value is -1.36. The highest BCUT2D eigenvalue weighted by Crippen LogP contribution is 2.24. The number of hydrogen-bond acceptors (Lipinski definition) is 5. The van der Waals surface area contributed by atoms with Gasteiger partial charge in [-0.2, -0.15) is 0 Å². The van der Waals surface area contributed by atoms with E-state index in [1.165, 1.54) is 0 Å². The van der Waals surface area contributed by atoms with Crippen LogP contribution in [0.4, 0.5) is 11.6 Å². The van der Waals surface area contributed by atoms with E-state index in [9.17, 15) is 0 Å². The Balaban J connectivity index is 1.90. The number of rotatable bonds is 3. The van der Waals surface area contributed by atoms with Crippen LogP contribution in [0, 0.1) is 0 Å². The van der Waals surface area contributed by atoms with Gasteiger partial charge in [-0.1, -0.05) is 0 Å². The molecule has 0 saturated carbocycles. The summed E-state index contributed by atoms with van der Waals surface area (Å²) in [6, 6.07) is 3.55. The van der Waals surface area contributed by atoms with Crippen molar-refractivity contribution in [3.05, 3.63) is 12.1 Å². The van der Waals surface area contributed by atoms with Crippen LogP contribution in [0.3, 0.4) is 0 Å². The fourth-order valence-electron chi connectivity index (χ4n) is 1.69. The van der Waals surface area contributed by atoms with Gasteiger partial charge in [0.1, 0.15) is 11.6 Å². The lowest BCUT2D eigenvalue weighted by Gasteiger charge is -2.23. The Morgan fingerprint density at radius 3 is 3.00 bits per heavy atom. The molecule has 1 atom stereocenters. The number of anilines is 2. The number of ether oxygens (including phenoxy) is 1. The molecule has 5 nitrogen and oxygen atoms in total. The minimum Gasteiger partial charge on any atom is -0.382 e. The summed E-state index contributed by atoms with van der Waals surface area (Å²) in [7, 11) is 0. The summed E-state index contributed by atoms with van der Waals surface area (Å²) in [5.41, 5.74) is 5.38. The fourth-order valence-corrected chi connectivity index (χ4v) is 1.69. The maximum atomic E-state index is 5.65. The van der Waals surface area contributed by atoms with Gasteiger partial charge in [-0.15, -0.1) is 10.2 Å². The van der Waals surface area contributed by atoms with Crippen molar-refractivity contribution in [1.82, 2.24) is 10.2 Å². The van der Waals surface area contributed by atoms with E-state index in [4.69, 9.17) is 10.5 Å². The van der Waals surface area contributed by atoms with E-state index < -0.39 is 0 Å². The second-order valence-electron chi connectivity index (χ2n) is 4.10. The van der Waals surface area contributed by atoms with Gasteiger partial charge in [-0.05, 0) is 31.9 Å². The molecular weight excluding hydrogens is 192 g/mol. The van der Waals surface area contributed by atoms with Gasteiger partial charge < -0.3 is 15.8 Å². The van der Waals surface area contributed by atoms with Crippen molar-refractivity contribution in [3.8, 4) is 0 Å². The lowest BCUT2D eigenvalue weighted by atomic mass is 10.0. The summed E-state index contributed by atoms with van der Waals surface area (Å²) in [5.74, 6) is 1.17. The molecule has 0 amide bonds. The van der Waals surface area contributed by atoms with E-state index in [1.54, 1.807) is 6.07 Å². The van der Waals surface area contributed by atoms with E-state index >= 15 is 0 Å². The van der Waals surface area contributed by atoms with E-state index in [-0.39, 0.29) is 5.60 Å². The second kappa shape index (κ2) is 4.02. The van der Waals surface area contributed by atoms with Crippen molar-refractivity contribution in [2.24, 2.45) is 0 Å². The molecule has 1 aromatic heterocycles. The van der Waals surface area contributed by atoms with E-state index in [0.29, 0.717) is 5.82 Å². The van der Waals surface area contributed by atoms with Gasteiger partial charge in [0.05, 0.1) is 5.60 Å². The third-order valence-corrected chi connectivity index (χ3v) is 2.63. The van der Waals surface area contributed by atoms with Gasteiger partial charge in [-0.25, -0.2) is 0 Å². The summed E-state index contributed by atoms with van der Waals surface area (Å²) >= 11 is 0. The molecule has 0 aliphatic carbocycles. The molecule has 3 N–H and O–H groups in total. The van der Waals surface area contributed by atoms with Crippen LogP contribution in [0.5, 0.6) is 0 Å². The lowest BCUT2D eigenvalue weighted by molar-refractivity contribution is 0.0314. The summed E-state index contributed by atoms with van der Waals surface area (Å²) in [4.78, 5) is 0. The minimum atomic E-state index is -0.0664. The van der Waals surface area contributed by atoms with Crippen molar-refractivity contribution >= 4 is 11.6 Å². The largest absolute Gasteiger partial charge is 0.382 e. The standard InChI is InChI=1S/C10H16N4O/c1-10(5-2-6-15-10)7-12-9-4-3-8(11)13-14-9/h3-4H,2,5-7H2,1H3,(H2,11,13)(H,12,14). The minimum absolute atomic E-state index is 0.0664. The van der Waals surface area contributed by atoms with Crippen molar-refractivity contribution in [1.29, 1.82) is 0 Å². The molecule has 0 aromatic carbocycles. The first-order valence-electron chi connectivity index (χ1n) is 5.15. The smallest absolute Gasteiger partial charge is 0.148 e. The molecule has 1 saturated heterocycles. The molecule has 1 unspecified atom stereocenters. The molecule has 5 heteroatoms. The Bertz CT molecular complexity index is 319. The highest BCUT2D eigenvalue weighted by Gasteiger charge is 2.29. The quantitative estimate of drug-likeness (QED) is 0.776. The van der Waals surface area contributed by atoms with Crippen molar-refractivity contribution in [2.75, 3.05) is 24.2 Å². The van der Waals surface area contributed by atoms with Crippen molar-refractivity contribution in [3.63, 3.8) is 0 Å². The van der Waals surface area contributed by atoms with Gasteiger partial charge in [0, 0.05) is 13.2 Å².